The number of aromatic nitrogens is 1. The topological polar surface area (TPSA) is 30.0 Å². The summed E-state index contributed by atoms with van der Waals surface area (Å²) in [5.74, 6) is -0.161. The van der Waals surface area contributed by atoms with Gasteiger partial charge in [-0.3, -0.25) is 9.78 Å². The van der Waals surface area contributed by atoms with Crippen LogP contribution in [-0.4, -0.2) is 10.8 Å². The highest BCUT2D eigenvalue weighted by Crippen LogP contribution is 2.37. The van der Waals surface area contributed by atoms with Gasteiger partial charge in [-0.15, -0.1) is 0 Å². The van der Waals surface area contributed by atoms with Crippen LogP contribution < -0.4 is 0 Å². The summed E-state index contributed by atoms with van der Waals surface area (Å²) in [7, 11) is 0. The molecule has 4 aromatic rings. The number of carbonyl (C=O) groups is 1. The number of hydrogen-bond acceptors (Lipinski definition) is 2. The maximum Gasteiger partial charge on any atom is 0.211 e. The van der Waals surface area contributed by atoms with Crippen molar-refractivity contribution >= 4 is 62.1 Å². The number of benzene rings is 3. The third kappa shape index (κ3) is 2.87. The van der Waals surface area contributed by atoms with Gasteiger partial charge in [0.2, 0.25) is 5.78 Å². The summed E-state index contributed by atoms with van der Waals surface area (Å²) in [4.78, 5) is 17.2. The van der Waals surface area contributed by atoms with E-state index >= 15 is 0 Å². The van der Waals surface area contributed by atoms with E-state index in [2.05, 4.69) is 4.98 Å². The molecule has 3 aromatic carbocycles. The van der Waals surface area contributed by atoms with Gasteiger partial charge in [0.25, 0.3) is 0 Å². The van der Waals surface area contributed by atoms with E-state index in [1.54, 1.807) is 48.7 Å². The number of pyridine rings is 1. The van der Waals surface area contributed by atoms with E-state index in [0.717, 1.165) is 21.5 Å². The average Bonchev–Trinajstić information content (AvgIpc) is 2.60. The molecule has 0 aliphatic rings. The lowest BCUT2D eigenvalue weighted by atomic mass is 9.94. The van der Waals surface area contributed by atoms with E-state index in [-0.39, 0.29) is 5.78 Å². The van der Waals surface area contributed by atoms with E-state index in [1.165, 1.54) is 0 Å². The number of rotatable bonds is 2. The Bertz CT molecular complexity index is 1140. The average molecular weight is 387 g/mol. The molecule has 1 aromatic heterocycles. The van der Waals surface area contributed by atoms with Gasteiger partial charge in [-0.25, -0.2) is 0 Å². The Morgan fingerprint density at radius 3 is 2.44 bits per heavy atom. The molecule has 0 radical (unpaired) electrons. The van der Waals surface area contributed by atoms with E-state index in [4.69, 9.17) is 34.8 Å². The second kappa shape index (κ2) is 6.30. The first-order chi connectivity index (χ1) is 12.0. The minimum absolute atomic E-state index is 0.161. The third-order valence-corrected chi connectivity index (χ3v) is 4.82. The van der Waals surface area contributed by atoms with Crippen molar-refractivity contribution in [3.05, 3.63) is 87.1 Å². The molecule has 0 unspecified atom stereocenters. The molecule has 4 rings (SSSR count). The molecule has 0 saturated heterocycles. The molecule has 0 spiro atoms. The lowest BCUT2D eigenvalue weighted by Crippen LogP contribution is -2.04. The van der Waals surface area contributed by atoms with E-state index in [1.807, 2.05) is 12.1 Å². The lowest BCUT2D eigenvalue weighted by molar-refractivity contribution is 0.103. The number of carbonyl (C=O) groups excluding carboxylic acids is 1. The van der Waals surface area contributed by atoms with Crippen LogP contribution >= 0.6 is 34.8 Å². The summed E-state index contributed by atoms with van der Waals surface area (Å²) in [6.07, 6.45) is 1.60. The maximum atomic E-state index is 13.0. The molecule has 0 fully saturated rings. The van der Waals surface area contributed by atoms with Crippen LogP contribution in [0, 0.1) is 0 Å². The zero-order valence-electron chi connectivity index (χ0n) is 12.8. The van der Waals surface area contributed by atoms with Crippen molar-refractivity contribution in [2.24, 2.45) is 0 Å². The quantitative estimate of drug-likeness (QED) is 0.288. The Morgan fingerprint density at radius 1 is 0.840 bits per heavy atom. The Balaban J connectivity index is 2.12. The first kappa shape index (κ1) is 16.3. The monoisotopic (exact) mass is 385 g/mol. The SMILES string of the molecule is O=C(c1ccccn1)c1cc2cc(Cl)cc(Cl)c2c2cc(Cl)ccc12. The second-order valence-corrected chi connectivity index (χ2v) is 6.92. The molecule has 2 nitrogen and oxygen atoms in total. The van der Waals surface area contributed by atoms with Crippen molar-refractivity contribution in [3.8, 4) is 0 Å². The highest BCUT2D eigenvalue weighted by molar-refractivity contribution is 6.41. The predicted octanol–water partition coefficient (Wildman–Crippen LogP) is 6.58. The second-order valence-electron chi connectivity index (χ2n) is 5.64. The van der Waals surface area contributed by atoms with Crippen LogP contribution in [0.3, 0.4) is 0 Å². The van der Waals surface area contributed by atoms with Gasteiger partial charge in [-0.05, 0) is 58.6 Å². The third-order valence-electron chi connectivity index (χ3n) is 4.07. The molecular weight excluding hydrogens is 377 g/mol. The largest absolute Gasteiger partial charge is 0.287 e. The van der Waals surface area contributed by atoms with Gasteiger partial charge in [-0.2, -0.15) is 0 Å². The molecule has 0 saturated carbocycles. The van der Waals surface area contributed by atoms with Gasteiger partial charge in [0.15, 0.2) is 0 Å². The van der Waals surface area contributed by atoms with Crippen molar-refractivity contribution in [1.29, 1.82) is 0 Å². The van der Waals surface area contributed by atoms with Crippen molar-refractivity contribution in [2.75, 3.05) is 0 Å². The fourth-order valence-corrected chi connectivity index (χ4v) is 3.79. The first-order valence-electron chi connectivity index (χ1n) is 7.51. The zero-order valence-corrected chi connectivity index (χ0v) is 15.0. The van der Waals surface area contributed by atoms with Crippen molar-refractivity contribution in [1.82, 2.24) is 4.98 Å². The fraction of sp³-hybridized carbons (Fsp3) is 0. The molecular formula is C20H10Cl3NO. The number of nitrogens with zero attached hydrogens (tertiary/aromatic N) is 1. The Morgan fingerprint density at radius 2 is 1.68 bits per heavy atom. The fourth-order valence-electron chi connectivity index (χ4n) is 3.01. The van der Waals surface area contributed by atoms with Gasteiger partial charge in [0.05, 0.1) is 5.02 Å². The Hall–Kier alpha value is -2.13. The number of hydrogen-bond donors (Lipinski definition) is 0. The van der Waals surface area contributed by atoms with Gasteiger partial charge in [0, 0.05) is 27.2 Å². The minimum atomic E-state index is -0.161. The van der Waals surface area contributed by atoms with Gasteiger partial charge in [0.1, 0.15) is 5.69 Å². The maximum absolute atomic E-state index is 13.0. The number of halogens is 3. The van der Waals surface area contributed by atoms with Crippen LogP contribution in [0.2, 0.25) is 15.1 Å². The molecule has 0 aliphatic heterocycles. The van der Waals surface area contributed by atoms with Crippen molar-refractivity contribution in [2.45, 2.75) is 0 Å². The summed E-state index contributed by atoms with van der Waals surface area (Å²) in [5, 5.41) is 4.79. The van der Waals surface area contributed by atoms with Crippen LogP contribution in [0.15, 0.2) is 60.8 Å². The predicted molar refractivity (Wildman–Crippen MR) is 104 cm³/mol. The Kier molecular flexibility index (Phi) is 4.12. The van der Waals surface area contributed by atoms with E-state index in [9.17, 15) is 4.79 Å². The molecule has 5 heteroatoms. The van der Waals surface area contributed by atoms with Crippen LogP contribution in [-0.2, 0) is 0 Å². The molecule has 0 amide bonds. The number of fused-ring (bicyclic) bond motifs is 3. The van der Waals surface area contributed by atoms with Gasteiger partial charge in [-0.1, -0.05) is 46.9 Å². The van der Waals surface area contributed by atoms with Crippen molar-refractivity contribution in [3.63, 3.8) is 0 Å². The smallest absolute Gasteiger partial charge is 0.211 e. The van der Waals surface area contributed by atoms with Crippen molar-refractivity contribution < 1.29 is 4.79 Å². The summed E-state index contributed by atoms with van der Waals surface area (Å²) in [5.41, 5.74) is 0.919. The van der Waals surface area contributed by atoms with Crippen LogP contribution in [0.25, 0.3) is 21.5 Å². The lowest BCUT2D eigenvalue weighted by Gasteiger charge is -2.12. The minimum Gasteiger partial charge on any atom is -0.287 e. The standard InChI is InChI=1S/C20H10Cl3NO/c21-12-4-5-14-15(9-12)19-11(7-13(22)10-17(19)23)8-16(14)20(25)18-3-1-2-6-24-18/h1-10H. The molecule has 0 atom stereocenters. The van der Waals surface area contributed by atoms with Gasteiger partial charge >= 0.3 is 0 Å². The number of ketones is 1. The summed E-state index contributed by atoms with van der Waals surface area (Å²) < 4.78 is 0. The molecule has 0 bridgehead atoms. The summed E-state index contributed by atoms with van der Waals surface area (Å²) in [6, 6.07) is 15.9. The summed E-state index contributed by atoms with van der Waals surface area (Å²) in [6.45, 7) is 0. The molecule has 1 heterocycles. The summed E-state index contributed by atoms with van der Waals surface area (Å²) >= 11 is 18.8. The Labute approximate surface area is 159 Å². The highest BCUT2D eigenvalue weighted by Gasteiger charge is 2.17. The molecule has 0 N–H and O–H groups in total. The van der Waals surface area contributed by atoms with E-state index < -0.39 is 0 Å². The first-order valence-corrected chi connectivity index (χ1v) is 8.65. The van der Waals surface area contributed by atoms with Crippen LogP contribution in [0.5, 0.6) is 0 Å². The van der Waals surface area contributed by atoms with Crippen LogP contribution in [0.1, 0.15) is 16.1 Å². The van der Waals surface area contributed by atoms with E-state index in [0.29, 0.717) is 26.3 Å². The highest BCUT2D eigenvalue weighted by atomic mass is 35.5. The zero-order chi connectivity index (χ0) is 17.6. The molecule has 122 valence electrons. The normalized spacial score (nSPS) is 11.2. The van der Waals surface area contributed by atoms with Gasteiger partial charge < -0.3 is 0 Å². The molecule has 25 heavy (non-hydrogen) atoms. The molecule has 0 aliphatic carbocycles. The van der Waals surface area contributed by atoms with Crippen LogP contribution in [0.4, 0.5) is 0 Å².